The summed E-state index contributed by atoms with van der Waals surface area (Å²) in [4.78, 5) is 13.3. The molecule has 11 aromatic rings. The van der Waals surface area contributed by atoms with Gasteiger partial charge in [-0.3, -0.25) is 10.1 Å². The minimum Gasteiger partial charge on any atom is -0.497 e. The average Bonchev–Trinajstić information content (AvgIpc) is 3.46. The molecule has 0 saturated carbocycles. The summed E-state index contributed by atoms with van der Waals surface area (Å²) in [6, 6.07) is 34.9. The molecular weight excluding hydrogens is 1230 g/mol. The summed E-state index contributed by atoms with van der Waals surface area (Å²) in [7, 11) is 8.23. The van der Waals surface area contributed by atoms with Crippen LogP contribution in [-0.2, 0) is 33.0 Å². The first-order valence-electron chi connectivity index (χ1n) is 25.9. The SMILES string of the molecule is COc1ccc(CO)c(S)c1.COc1ccc(CO)c2sc(-c3ccc(N)cc3)c(C)c12.COc1ccc(CO)c2sc(-c3ccc([N+](=O)[O-])cc3)c(C)c12.COc1ccc(CO)c2sc(Br)c(C)c12.COc1ccc(CO)c2scc(C)c12. The smallest absolute Gasteiger partial charge is 0.269 e. The van der Waals surface area contributed by atoms with Gasteiger partial charge in [0.15, 0.2) is 0 Å². The number of thiophene rings is 4. The zero-order chi connectivity index (χ0) is 60.9. The summed E-state index contributed by atoms with van der Waals surface area (Å²) in [6.07, 6.45) is 0. The molecule has 11 rings (SSSR count). The van der Waals surface area contributed by atoms with E-state index in [0.717, 1.165) is 133 Å². The monoisotopic (exact) mass is 1290 g/mol. The summed E-state index contributed by atoms with van der Waals surface area (Å²) in [6.45, 7) is 8.35. The average molecular weight is 1290 g/mol. The third-order valence-corrected chi connectivity index (χ3v) is 20.4. The van der Waals surface area contributed by atoms with Crippen molar-refractivity contribution in [3.05, 3.63) is 185 Å². The van der Waals surface area contributed by atoms with E-state index in [0.29, 0.717) is 0 Å². The van der Waals surface area contributed by atoms with Gasteiger partial charge >= 0.3 is 0 Å². The zero-order valence-corrected chi connectivity index (χ0v) is 53.4. The minimum atomic E-state index is -0.408. The largest absolute Gasteiger partial charge is 0.497 e. The predicted octanol–water partition coefficient (Wildman–Crippen LogP) is 15.9. The van der Waals surface area contributed by atoms with Gasteiger partial charge < -0.3 is 55.0 Å². The quantitative estimate of drug-likeness (QED) is 0.0248. The third-order valence-electron chi connectivity index (χ3n) is 13.8. The number of anilines is 1. The number of nitrogen functional groups attached to an aromatic ring is 1. The standard InChI is InChI=1S/C17H15NO4S.C17H17NO2S.C11H11BrO2S.C11H12O2S.C8H10O2S/c1-10-15-14(22-2)8-5-12(9-19)17(15)23-16(10)11-3-6-13(7-4-11)18(20)21;1-10-15-14(20-2)8-5-12(9-19)17(15)21-16(10)11-3-6-13(18)7-4-11;1-6-9-8(14-2)4-3-7(5-13)10(9)15-11(6)12;1-7-6-14-11-8(5-12)3-4-9(13-2)10(7)11;1-10-7-3-2-6(5-9)8(11)4-7/h3-8,19H,9H2,1-2H3;3-8,19H,9,18H2,1-2H3;3-4,13H,5H2,1-2H3;3-4,6,12H,5H2,1-2H3;2-4,9,11H,5H2,1H3. The molecular formula is C64H65BrN2O12S5. The van der Waals surface area contributed by atoms with Gasteiger partial charge in [0.25, 0.3) is 5.69 Å². The molecule has 0 saturated heterocycles. The molecule has 0 atom stereocenters. The first-order chi connectivity index (χ1) is 40.4. The van der Waals surface area contributed by atoms with E-state index in [2.05, 4.69) is 47.8 Å². The van der Waals surface area contributed by atoms with Crippen LogP contribution >= 0.6 is 73.9 Å². The van der Waals surface area contributed by atoms with E-state index in [4.69, 9.17) is 34.5 Å². The van der Waals surface area contributed by atoms with Crippen molar-refractivity contribution in [1.29, 1.82) is 0 Å². The van der Waals surface area contributed by atoms with Gasteiger partial charge in [-0.25, -0.2) is 0 Å². The predicted molar refractivity (Wildman–Crippen MR) is 352 cm³/mol. The van der Waals surface area contributed by atoms with Crippen LogP contribution in [0, 0.1) is 37.8 Å². The summed E-state index contributed by atoms with van der Waals surface area (Å²) < 4.78 is 31.9. The topological polar surface area (TPSA) is 216 Å². The van der Waals surface area contributed by atoms with E-state index in [-0.39, 0.29) is 38.7 Å². The Morgan fingerprint density at radius 3 is 1.27 bits per heavy atom. The molecule has 0 aliphatic heterocycles. The highest BCUT2D eigenvalue weighted by molar-refractivity contribution is 9.11. The zero-order valence-electron chi connectivity index (χ0n) is 47.7. The number of hydrogen-bond acceptors (Lipinski definition) is 18. The number of hydrogen-bond donors (Lipinski definition) is 7. The van der Waals surface area contributed by atoms with Gasteiger partial charge in [-0.05, 0) is 171 Å². The molecule has 14 nitrogen and oxygen atoms in total. The van der Waals surface area contributed by atoms with Crippen molar-refractivity contribution in [1.82, 2.24) is 0 Å². The lowest BCUT2D eigenvalue weighted by Gasteiger charge is -2.06. The molecule has 84 heavy (non-hydrogen) atoms. The normalized spacial score (nSPS) is 10.8. The number of nitrogens with two attached hydrogens (primary N) is 1. The Bertz CT molecular complexity index is 4060. The lowest BCUT2D eigenvalue weighted by atomic mass is 10.0. The first kappa shape index (κ1) is 64.8. The van der Waals surface area contributed by atoms with Crippen molar-refractivity contribution in [2.24, 2.45) is 0 Å². The van der Waals surface area contributed by atoms with E-state index in [9.17, 15) is 30.5 Å². The van der Waals surface area contributed by atoms with E-state index in [1.165, 1.54) is 33.7 Å². The van der Waals surface area contributed by atoms with Crippen LogP contribution in [0.2, 0.25) is 0 Å². The first-order valence-corrected chi connectivity index (χ1v) is 30.5. The van der Waals surface area contributed by atoms with E-state index < -0.39 is 4.92 Å². The molecule has 0 unspecified atom stereocenters. The molecule has 0 radical (unpaired) electrons. The van der Waals surface area contributed by atoms with Gasteiger partial charge in [-0.1, -0.05) is 42.5 Å². The van der Waals surface area contributed by atoms with Crippen molar-refractivity contribution in [2.45, 2.75) is 65.6 Å². The Labute approximate surface area is 517 Å². The highest BCUT2D eigenvalue weighted by atomic mass is 79.9. The number of aliphatic hydroxyl groups is 5. The molecule has 0 spiro atoms. The van der Waals surface area contributed by atoms with Crippen LogP contribution in [0.4, 0.5) is 11.4 Å². The van der Waals surface area contributed by atoms with Crippen molar-refractivity contribution in [3.8, 4) is 49.6 Å². The van der Waals surface area contributed by atoms with Gasteiger partial charge in [-0.2, -0.15) is 0 Å². The number of fused-ring (bicyclic) bond motifs is 4. The maximum atomic E-state index is 10.8. The highest BCUT2D eigenvalue weighted by Crippen LogP contribution is 2.46. The second-order valence-electron chi connectivity index (χ2n) is 18.8. The van der Waals surface area contributed by atoms with Gasteiger partial charge in [0.2, 0.25) is 0 Å². The number of rotatable bonds is 13. The number of thiol groups is 1. The number of benzene rings is 7. The van der Waals surface area contributed by atoms with E-state index in [1.54, 1.807) is 111 Å². The number of methoxy groups -OCH3 is 5. The van der Waals surface area contributed by atoms with Crippen LogP contribution in [0.15, 0.2) is 129 Å². The van der Waals surface area contributed by atoms with Crippen LogP contribution in [0.3, 0.4) is 0 Å². The summed E-state index contributed by atoms with van der Waals surface area (Å²) in [5.74, 6) is 4.11. The molecule has 7 aromatic carbocycles. The van der Waals surface area contributed by atoms with Crippen molar-refractivity contribution >= 4 is 126 Å². The Morgan fingerprint density at radius 2 is 0.881 bits per heavy atom. The molecule has 0 fully saturated rings. The molecule has 0 bridgehead atoms. The van der Waals surface area contributed by atoms with Gasteiger partial charge in [-0.15, -0.1) is 58.0 Å². The van der Waals surface area contributed by atoms with Crippen LogP contribution < -0.4 is 29.4 Å². The van der Waals surface area contributed by atoms with Crippen LogP contribution in [0.5, 0.6) is 28.7 Å². The minimum absolute atomic E-state index is 0.0167. The molecule has 20 heteroatoms. The third kappa shape index (κ3) is 14.1. The number of aryl methyl sites for hydroxylation is 4. The second kappa shape index (κ2) is 29.8. The van der Waals surface area contributed by atoms with Gasteiger partial charge in [0, 0.05) is 72.8 Å². The van der Waals surface area contributed by atoms with E-state index in [1.807, 2.05) is 86.6 Å². The Balaban J connectivity index is 0.000000154. The van der Waals surface area contributed by atoms with Crippen LogP contribution in [0.1, 0.15) is 50.1 Å². The maximum Gasteiger partial charge on any atom is 0.269 e. The Kier molecular flexibility index (Phi) is 23.0. The number of nitro groups is 1. The van der Waals surface area contributed by atoms with Crippen molar-refractivity contribution < 1.29 is 54.1 Å². The summed E-state index contributed by atoms with van der Waals surface area (Å²) in [5.41, 5.74) is 17.7. The Hall–Kier alpha value is -6.79. The molecule has 4 heterocycles. The lowest BCUT2D eigenvalue weighted by molar-refractivity contribution is -0.384. The second-order valence-corrected chi connectivity index (χ2v) is 24.5. The Morgan fingerprint density at radius 1 is 0.500 bits per heavy atom. The summed E-state index contributed by atoms with van der Waals surface area (Å²) >= 11 is 14.2. The molecule has 0 aliphatic carbocycles. The van der Waals surface area contributed by atoms with Crippen LogP contribution in [-0.4, -0.2) is 66.0 Å². The van der Waals surface area contributed by atoms with Crippen molar-refractivity contribution in [3.63, 3.8) is 0 Å². The lowest BCUT2D eigenvalue weighted by Crippen LogP contribution is -1.89. The number of nitrogens with zero attached hydrogens (tertiary/aromatic N) is 1. The van der Waals surface area contributed by atoms with Crippen molar-refractivity contribution in [2.75, 3.05) is 41.3 Å². The summed E-state index contributed by atoms with van der Waals surface area (Å²) in [5, 5.41) is 63.5. The molecule has 0 amide bonds. The van der Waals surface area contributed by atoms with E-state index >= 15 is 0 Å². The maximum absolute atomic E-state index is 10.8. The fourth-order valence-corrected chi connectivity index (χ4v) is 15.1. The molecule has 0 aliphatic rings. The number of aliphatic hydroxyl groups excluding tert-OH is 5. The number of halogens is 1. The van der Waals surface area contributed by atoms with Gasteiger partial charge in [0.05, 0.1) is 77.3 Å². The fraction of sp³-hybridized carbons (Fsp3) is 0.219. The number of non-ortho nitro benzene ring substituents is 1. The fourth-order valence-electron chi connectivity index (χ4n) is 9.31. The molecule has 7 N–H and O–H groups in total. The highest BCUT2D eigenvalue weighted by Gasteiger charge is 2.20. The molecule has 440 valence electrons. The number of nitro benzene ring substituents is 1. The number of ether oxygens (including phenoxy) is 5. The van der Waals surface area contributed by atoms with Gasteiger partial charge in [0.1, 0.15) is 28.7 Å². The van der Waals surface area contributed by atoms with Crippen LogP contribution in [0.25, 0.3) is 61.2 Å². The molecule has 4 aromatic heterocycles.